The molecule has 2 N–H and O–H groups in total. The summed E-state index contributed by atoms with van der Waals surface area (Å²) in [6.45, 7) is 1.59. The molecule has 0 radical (unpaired) electrons. The maximum Gasteiger partial charge on any atom is 0.252 e. The van der Waals surface area contributed by atoms with Crippen molar-refractivity contribution in [2.24, 2.45) is 0 Å². The summed E-state index contributed by atoms with van der Waals surface area (Å²) in [6, 6.07) is 13.4. The van der Waals surface area contributed by atoms with Crippen molar-refractivity contribution in [1.29, 1.82) is 0 Å². The molecule has 2 aromatic carbocycles. The van der Waals surface area contributed by atoms with E-state index >= 15 is 0 Å². The first-order chi connectivity index (χ1) is 12.9. The van der Waals surface area contributed by atoms with Gasteiger partial charge in [0.2, 0.25) is 5.91 Å². The van der Waals surface area contributed by atoms with Crippen LogP contribution in [0.4, 0.5) is 14.5 Å². The van der Waals surface area contributed by atoms with E-state index in [-0.39, 0.29) is 16.4 Å². The number of halogens is 2. The van der Waals surface area contributed by atoms with E-state index in [1.54, 1.807) is 6.92 Å². The first kappa shape index (κ1) is 18.8. The van der Waals surface area contributed by atoms with Crippen LogP contribution in [-0.2, 0) is 4.79 Å². The first-order valence-electron chi connectivity index (χ1n) is 8.02. The lowest BCUT2D eigenvalue weighted by molar-refractivity contribution is -0.115. The maximum atomic E-state index is 13.7. The van der Waals surface area contributed by atoms with Crippen LogP contribution in [0.15, 0.2) is 64.5 Å². The van der Waals surface area contributed by atoms with Crippen LogP contribution in [0.5, 0.6) is 0 Å². The number of rotatable bonds is 5. The normalized spacial score (nSPS) is 11.8. The van der Waals surface area contributed by atoms with Gasteiger partial charge in [0.05, 0.1) is 16.6 Å². The van der Waals surface area contributed by atoms with E-state index in [2.05, 4.69) is 15.3 Å². The fourth-order valence-corrected chi connectivity index (χ4v) is 3.11. The molecule has 0 spiro atoms. The third kappa shape index (κ3) is 4.79. The third-order valence-electron chi connectivity index (χ3n) is 3.64. The summed E-state index contributed by atoms with van der Waals surface area (Å²) < 4.78 is 26.6. The van der Waals surface area contributed by atoms with Crippen LogP contribution in [-0.4, -0.2) is 21.1 Å². The minimum Gasteiger partial charge on any atom is -0.323 e. The molecule has 0 saturated carbocycles. The van der Waals surface area contributed by atoms with Gasteiger partial charge in [-0.25, -0.2) is 13.8 Å². The van der Waals surface area contributed by atoms with Crippen LogP contribution in [0.1, 0.15) is 6.92 Å². The fourth-order valence-electron chi connectivity index (χ4n) is 2.29. The highest BCUT2D eigenvalue weighted by atomic mass is 32.2. The minimum atomic E-state index is -0.863. The molecule has 3 rings (SSSR count). The van der Waals surface area contributed by atoms with Gasteiger partial charge >= 0.3 is 0 Å². The fraction of sp³-hybridized carbons (Fsp3) is 0.105. The topological polar surface area (TPSA) is 74.8 Å². The SMILES string of the molecule is CC(Sc1nc(-c2ccccc2)cc(=O)[nH]1)C(=O)Nc1ccc(F)cc1F. The number of carbonyl (C=O) groups is 1. The monoisotopic (exact) mass is 387 g/mol. The molecule has 0 aliphatic heterocycles. The number of nitrogens with one attached hydrogen (secondary N) is 2. The van der Waals surface area contributed by atoms with Crippen LogP contribution >= 0.6 is 11.8 Å². The average Bonchev–Trinajstić information content (AvgIpc) is 2.64. The Balaban J connectivity index is 1.75. The van der Waals surface area contributed by atoms with E-state index in [9.17, 15) is 18.4 Å². The summed E-state index contributed by atoms with van der Waals surface area (Å²) in [4.78, 5) is 31.1. The Morgan fingerprint density at radius 3 is 2.59 bits per heavy atom. The van der Waals surface area contributed by atoms with E-state index in [4.69, 9.17) is 0 Å². The van der Waals surface area contributed by atoms with Crippen molar-refractivity contribution in [2.45, 2.75) is 17.3 Å². The molecule has 8 heteroatoms. The molecule has 1 atom stereocenters. The predicted octanol–water partition coefficient (Wildman–Crippen LogP) is 3.83. The number of anilines is 1. The molecule has 0 fully saturated rings. The lowest BCUT2D eigenvalue weighted by Crippen LogP contribution is -2.23. The Bertz CT molecular complexity index is 1020. The van der Waals surface area contributed by atoms with Crippen LogP contribution < -0.4 is 10.9 Å². The molecule has 1 heterocycles. The number of aromatic nitrogens is 2. The van der Waals surface area contributed by atoms with Crippen LogP contribution in [0.2, 0.25) is 0 Å². The molecule has 27 heavy (non-hydrogen) atoms. The summed E-state index contributed by atoms with van der Waals surface area (Å²) >= 11 is 1.03. The molecule has 1 aromatic heterocycles. The van der Waals surface area contributed by atoms with Crippen LogP contribution in [0.3, 0.4) is 0 Å². The van der Waals surface area contributed by atoms with Gasteiger partial charge in [-0.1, -0.05) is 42.1 Å². The maximum absolute atomic E-state index is 13.7. The van der Waals surface area contributed by atoms with Crippen molar-refractivity contribution >= 4 is 23.4 Å². The number of H-pyrrole nitrogens is 1. The summed E-state index contributed by atoms with van der Waals surface area (Å²) in [5.74, 6) is -2.09. The Hall–Kier alpha value is -3.00. The van der Waals surface area contributed by atoms with E-state index in [0.29, 0.717) is 11.8 Å². The minimum absolute atomic E-state index is 0.117. The molecule has 3 aromatic rings. The van der Waals surface area contributed by atoms with Gasteiger partial charge in [-0.15, -0.1) is 0 Å². The Kier molecular flexibility index (Phi) is 5.66. The molecular formula is C19H15F2N3O2S. The zero-order chi connectivity index (χ0) is 19.4. The molecule has 0 aliphatic rings. The van der Waals surface area contributed by atoms with Crippen molar-refractivity contribution < 1.29 is 13.6 Å². The van der Waals surface area contributed by atoms with E-state index in [1.165, 1.54) is 6.07 Å². The van der Waals surface area contributed by atoms with Gasteiger partial charge in [-0.05, 0) is 19.1 Å². The van der Waals surface area contributed by atoms with Gasteiger partial charge in [0.1, 0.15) is 11.6 Å². The molecule has 138 valence electrons. The van der Waals surface area contributed by atoms with Crippen LogP contribution in [0, 0.1) is 11.6 Å². The van der Waals surface area contributed by atoms with Gasteiger partial charge in [0.25, 0.3) is 5.56 Å². The summed E-state index contributed by atoms with van der Waals surface area (Å²) in [5, 5.41) is 1.99. The third-order valence-corrected chi connectivity index (χ3v) is 4.62. The number of benzene rings is 2. The second-order valence-corrected chi connectivity index (χ2v) is 7.00. The number of amides is 1. The number of hydrogen-bond acceptors (Lipinski definition) is 4. The molecule has 5 nitrogen and oxygen atoms in total. The summed E-state index contributed by atoms with van der Waals surface area (Å²) in [7, 11) is 0. The number of nitrogens with zero attached hydrogens (tertiary/aromatic N) is 1. The second kappa shape index (κ2) is 8.13. The van der Waals surface area contributed by atoms with Gasteiger partial charge < -0.3 is 10.3 Å². The Morgan fingerprint density at radius 2 is 1.89 bits per heavy atom. The van der Waals surface area contributed by atoms with Gasteiger partial charge in [0.15, 0.2) is 5.16 Å². The first-order valence-corrected chi connectivity index (χ1v) is 8.89. The molecule has 1 unspecified atom stereocenters. The van der Waals surface area contributed by atoms with Gasteiger partial charge in [-0.2, -0.15) is 0 Å². The molecule has 0 bridgehead atoms. The summed E-state index contributed by atoms with van der Waals surface area (Å²) in [5.41, 5.74) is 0.798. The van der Waals surface area contributed by atoms with E-state index in [1.807, 2.05) is 30.3 Å². The van der Waals surface area contributed by atoms with E-state index < -0.39 is 22.8 Å². The Morgan fingerprint density at radius 1 is 1.15 bits per heavy atom. The Labute approximate surface area is 157 Å². The summed E-state index contributed by atoms with van der Waals surface area (Å²) in [6.07, 6.45) is 0. The second-order valence-electron chi connectivity index (χ2n) is 5.68. The van der Waals surface area contributed by atoms with Crippen molar-refractivity contribution in [1.82, 2.24) is 9.97 Å². The predicted molar refractivity (Wildman–Crippen MR) is 101 cm³/mol. The van der Waals surface area contributed by atoms with Gasteiger partial charge in [-0.3, -0.25) is 9.59 Å². The molecular weight excluding hydrogens is 372 g/mol. The number of thioether (sulfide) groups is 1. The average molecular weight is 387 g/mol. The lowest BCUT2D eigenvalue weighted by Gasteiger charge is -2.12. The smallest absolute Gasteiger partial charge is 0.252 e. The number of hydrogen-bond donors (Lipinski definition) is 2. The van der Waals surface area contributed by atoms with Crippen molar-refractivity contribution in [2.75, 3.05) is 5.32 Å². The standard InChI is InChI=1S/C19H15F2N3O2S/c1-11(18(26)22-15-8-7-13(20)9-14(15)21)27-19-23-16(10-17(25)24-19)12-5-3-2-4-6-12/h2-11H,1H3,(H,22,26)(H,23,24,25). The number of aromatic amines is 1. The van der Waals surface area contributed by atoms with Crippen molar-refractivity contribution in [3.8, 4) is 11.3 Å². The van der Waals surface area contributed by atoms with Crippen LogP contribution in [0.25, 0.3) is 11.3 Å². The molecule has 1 amide bonds. The number of carbonyl (C=O) groups excluding carboxylic acids is 1. The molecule has 0 aliphatic carbocycles. The lowest BCUT2D eigenvalue weighted by atomic mass is 10.1. The highest BCUT2D eigenvalue weighted by Crippen LogP contribution is 2.23. The quantitative estimate of drug-likeness (QED) is 0.515. The van der Waals surface area contributed by atoms with Crippen molar-refractivity contribution in [3.63, 3.8) is 0 Å². The van der Waals surface area contributed by atoms with E-state index in [0.717, 1.165) is 29.5 Å². The zero-order valence-electron chi connectivity index (χ0n) is 14.2. The largest absolute Gasteiger partial charge is 0.323 e. The molecule has 0 saturated heterocycles. The zero-order valence-corrected chi connectivity index (χ0v) is 15.0. The van der Waals surface area contributed by atoms with Gasteiger partial charge in [0, 0.05) is 17.7 Å². The highest BCUT2D eigenvalue weighted by molar-refractivity contribution is 8.00. The van der Waals surface area contributed by atoms with Crippen molar-refractivity contribution in [3.05, 3.63) is 76.6 Å². The highest BCUT2D eigenvalue weighted by Gasteiger charge is 2.18.